The lowest BCUT2D eigenvalue weighted by atomic mass is 10.2. The second-order valence-electron chi connectivity index (χ2n) is 5.21. The van der Waals surface area contributed by atoms with Crippen LogP contribution in [0.15, 0.2) is 36.8 Å². The molecule has 3 rings (SSSR count). The average Bonchev–Trinajstić information content (AvgIpc) is 2.96. The van der Waals surface area contributed by atoms with Gasteiger partial charge in [-0.3, -0.25) is 15.1 Å². The van der Waals surface area contributed by atoms with Gasteiger partial charge >= 0.3 is 5.69 Å². The second kappa shape index (κ2) is 5.97. The Labute approximate surface area is 127 Å². The number of ether oxygens (including phenoxy) is 1. The van der Waals surface area contributed by atoms with Crippen LogP contribution in [0.1, 0.15) is 12.0 Å². The SMILES string of the molecule is Cc1ccnc(N2CC[C@@H](Oc3ccncc3)C2)c1[N+](=O)[O-]. The molecule has 0 radical (unpaired) electrons. The molecule has 114 valence electrons. The highest BCUT2D eigenvalue weighted by atomic mass is 16.6. The third kappa shape index (κ3) is 2.83. The van der Waals surface area contributed by atoms with Gasteiger partial charge in [0.2, 0.25) is 5.82 Å². The molecule has 1 saturated heterocycles. The molecular weight excluding hydrogens is 284 g/mol. The molecule has 2 aromatic heterocycles. The van der Waals surface area contributed by atoms with Crippen molar-refractivity contribution in [2.75, 3.05) is 18.0 Å². The van der Waals surface area contributed by atoms with Gasteiger partial charge in [0.25, 0.3) is 0 Å². The lowest BCUT2D eigenvalue weighted by Crippen LogP contribution is -2.26. The molecule has 22 heavy (non-hydrogen) atoms. The van der Waals surface area contributed by atoms with E-state index >= 15 is 0 Å². The van der Waals surface area contributed by atoms with Crippen molar-refractivity contribution in [3.8, 4) is 5.75 Å². The van der Waals surface area contributed by atoms with Gasteiger partial charge in [-0.2, -0.15) is 0 Å². The van der Waals surface area contributed by atoms with Crippen LogP contribution in [0.4, 0.5) is 11.5 Å². The molecule has 0 unspecified atom stereocenters. The molecule has 0 saturated carbocycles. The third-order valence-electron chi connectivity index (χ3n) is 3.69. The van der Waals surface area contributed by atoms with Crippen molar-refractivity contribution in [1.82, 2.24) is 9.97 Å². The summed E-state index contributed by atoms with van der Waals surface area (Å²) < 4.78 is 5.88. The average molecular weight is 300 g/mol. The molecule has 3 heterocycles. The standard InChI is InChI=1S/C15H16N4O3/c1-11-2-8-17-15(14(11)19(20)21)18-9-5-13(10-18)22-12-3-6-16-7-4-12/h2-4,6-8,13H,5,9-10H2,1H3/t13-/m1/s1. The van der Waals surface area contributed by atoms with Gasteiger partial charge in [-0.05, 0) is 25.1 Å². The van der Waals surface area contributed by atoms with Crippen molar-refractivity contribution in [3.63, 3.8) is 0 Å². The van der Waals surface area contributed by atoms with Crippen molar-refractivity contribution in [3.05, 3.63) is 52.5 Å². The molecule has 0 spiro atoms. The summed E-state index contributed by atoms with van der Waals surface area (Å²) in [5.74, 6) is 1.18. The number of rotatable bonds is 4. The summed E-state index contributed by atoms with van der Waals surface area (Å²) in [5.41, 5.74) is 0.695. The van der Waals surface area contributed by atoms with E-state index in [4.69, 9.17) is 4.74 Å². The summed E-state index contributed by atoms with van der Waals surface area (Å²) >= 11 is 0. The number of anilines is 1. The number of nitro groups is 1. The second-order valence-corrected chi connectivity index (χ2v) is 5.21. The van der Waals surface area contributed by atoms with Crippen LogP contribution in [0.25, 0.3) is 0 Å². The zero-order chi connectivity index (χ0) is 15.5. The minimum atomic E-state index is -0.366. The minimum absolute atomic E-state index is 0.00989. The quantitative estimate of drug-likeness (QED) is 0.637. The Bertz CT molecular complexity index is 678. The molecule has 7 heteroatoms. The predicted octanol–water partition coefficient (Wildman–Crippen LogP) is 2.35. The van der Waals surface area contributed by atoms with Gasteiger partial charge in [0, 0.05) is 37.1 Å². The first-order valence-corrected chi connectivity index (χ1v) is 7.07. The van der Waals surface area contributed by atoms with Gasteiger partial charge in [-0.1, -0.05) is 0 Å². The van der Waals surface area contributed by atoms with Gasteiger partial charge in [0.15, 0.2) is 0 Å². The smallest absolute Gasteiger partial charge is 0.314 e. The van der Waals surface area contributed by atoms with Crippen molar-refractivity contribution in [2.45, 2.75) is 19.4 Å². The van der Waals surface area contributed by atoms with Crippen LogP contribution >= 0.6 is 0 Å². The van der Waals surface area contributed by atoms with E-state index in [0.29, 0.717) is 24.5 Å². The lowest BCUT2D eigenvalue weighted by Gasteiger charge is -2.18. The largest absolute Gasteiger partial charge is 0.488 e. The van der Waals surface area contributed by atoms with Gasteiger partial charge in [0.1, 0.15) is 11.9 Å². The Morgan fingerprint density at radius 3 is 2.82 bits per heavy atom. The molecule has 7 nitrogen and oxygen atoms in total. The highest BCUT2D eigenvalue weighted by Gasteiger charge is 2.30. The maximum atomic E-state index is 11.3. The van der Waals surface area contributed by atoms with Crippen LogP contribution in [0.5, 0.6) is 5.75 Å². The fraction of sp³-hybridized carbons (Fsp3) is 0.333. The van der Waals surface area contributed by atoms with Crippen LogP contribution in [0, 0.1) is 17.0 Å². The van der Waals surface area contributed by atoms with Crippen molar-refractivity contribution >= 4 is 11.5 Å². The Morgan fingerprint density at radius 1 is 1.32 bits per heavy atom. The highest BCUT2D eigenvalue weighted by molar-refractivity contribution is 5.62. The van der Waals surface area contributed by atoms with E-state index in [1.54, 1.807) is 43.7 Å². The fourth-order valence-electron chi connectivity index (χ4n) is 2.62. The number of pyridine rings is 2. The van der Waals surface area contributed by atoms with Crippen LogP contribution in [0.2, 0.25) is 0 Å². The van der Waals surface area contributed by atoms with Crippen molar-refractivity contribution < 1.29 is 9.66 Å². The molecule has 1 aliphatic heterocycles. The molecule has 1 atom stereocenters. The van der Waals surface area contributed by atoms with Crippen LogP contribution in [0.3, 0.4) is 0 Å². The summed E-state index contributed by atoms with van der Waals surface area (Å²) in [4.78, 5) is 21.0. The first kappa shape index (κ1) is 14.2. The van der Waals surface area contributed by atoms with E-state index in [1.807, 2.05) is 4.90 Å². The number of aromatic nitrogens is 2. The highest BCUT2D eigenvalue weighted by Crippen LogP contribution is 2.31. The van der Waals surface area contributed by atoms with Crippen LogP contribution in [-0.2, 0) is 0 Å². The predicted molar refractivity (Wildman–Crippen MR) is 81.1 cm³/mol. The van der Waals surface area contributed by atoms with Crippen LogP contribution < -0.4 is 9.64 Å². The zero-order valence-corrected chi connectivity index (χ0v) is 12.2. The molecule has 0 amide bonds. The molecule has 1 aliphatic rings. The summed E-state index contributed by atoms with van der Waals surface area (Å²) in [6.07, 6.45) is 5.75. The Hall–Kier alpha value is -2.70. The maximum absolute atomic E-state index is 11.3. The van der Waals surface area contributed by atoms with Gasteiger partial charge in [-0.25, -0.2) is 4.98 Å². The number of nitrogens with zero attached hydrogens (tertiary/aromatic N) is 4. The van der Waals surface area contributed by atoms with E-state index in [9.17, 15) is 10.1 Å². The summed E-state index contributed by atoms with van der Waals surface area (Å²) in [5, 5.41) is 11.3. The maximum Gasteiger partial charge on any atom is 0.314 e. The molecule has 2 aromatic rings. The summed E-state index contributed by atoms with van der Waals surface area (Å²) in [6.45, 7) is 3.00. The minimum Gasteiger partial charge on any atom is -0.488 e. The monoisotopic (exact) mass is 300 g/mol. The zero-order valence-electron chi connectivity index (χ0n) is 12.2. The molecule has 1 fully saturated rings. The van der Waals surface area contributed by atoms with Crippen molar-refractivity contribution in [2.24, 2.45) is 0 Å². The van der Waals surface area contributed by atoms with Gasteiger partial charge in [0.05, 0.1) is 11.5 Å². The fourth-order valence-corrected chi connectivity index (χ4v) is 2.62. The third-order valence-corrected chi connectivity index (χ3v) is 3.69. The van der Waals surface area contributed by atoms with E-state index in [2.05, 4.69) is 9.97 Å². The molecule has 0 N–H and O–H groups in total. The Balaban J connectivity index is 1.76. The Morgan fingerprint density at radius 2 is 2.09 bits per heavy atom. The lowest BCUT2D eigenvalue weighted by molar-refractivity contribution is -0.384. The van der Waals surface area contributed by atoms with E-state index < -0.39 is 0 Å². The first-order chi connectivity index (χ1) is 10.6. The normalized spacial score (nSPS) is 17.5. The number of hydrogen-bond donors (Lipinski definition) is 0. The summed E-state index contributed by atoms with van der Waals surface area (Å²) in [6, 6.07) is 5.26. The van der Waals surface area contributed by atoms with Gasteiger partial charge < -0.3 is 9.64 Å². The van der Waals surface area contributed by atoms with E-state index in [0.717, 1.165) is 12.2 Å². The van der Waals surface area contributed by atoms with Crippen LogP contribution in [-0.4, -0.2) is 34.1 Å². The first-order valence-electron chi connectivity index (χ1n) is 7.07. The van der Waals surface area contributed by atoms with E-state index in [1.165, 1.54) is 0 Å². The molecule has 0 aliphatic carbocycles. The van der Waals surface area contributed by atoms with Crippen molar-refractivity contribution in [1.29, 1.82) is 0 Å². The topological polar surface area (TPSA) is 81.4 Å². The number of hydrogen-bond acceptors (Lipinski definition) is 6. The van der Waals surface area contributed by atoms with E-state index in [-0.39, 0.29) is 16.7 Å². The summed E-state index contributed by atoms with van der Waals surface area (Å²) in [7, 11) is 0. The number of aryl methyl sites for hydroxylation is 1. The Kier molecular flexibility index (Phi) is 3.86. The molecule has 0 aromatic carbocycles. The molecule has 0 bridgehead atoms. The molecular formula is C15H16N4O3. The van der Waals surface area contributed by atoms with Gasteiger partial charge in [-0.15, -0.1) is 0 Å².